The third kappa shape index (κ3) is 2.92. The van der Waals surface area contributed by atoms with Crippen LogP contribution in [0.2, 0.25) is 0 Å². The molecule has 0 aliphatic carbocycles. The standard InChI is InChI=1S/C14H21BN2O3/c1-10-16-7-11(8-17-10)6-12(9-18)15-19-13(2,3)14(4,5)20-15/h6-8,18H,9H2,1-5H3. The lowest BCUT2D eigenvalue weighted by Crippen LogP contribution is -2.41. The number of nitrogens with zero attached hydrogens (tertiary/aromatic N) is 2. The first-order valence-corrected chi connectivity index (χ1v) is 6.71. The van der Waals surface area contributed by atoms with Crippen LogP contribution < -0.4 is 0 Å². The molecule has 20 heavy (non-hydrogen) atoms. The van der Waals surface area contributed by atoms with Crippen molar-refractivity contribution in [1.82, 2.24) is 9.97 Å². The van der Waals surface area contributed by atoms with E-state index in [1.54, 1.807) is 12.4 Å². The molecule has 1 aromatic rings. The molecule has 1 saturated heterocycles. The van der Waals surface area contributed by atoms with Crippen LogP contribution in [-0.4, -0.2) is 40.0 Å². The van der Waals surface area contributed by atoms with Gasteiger partial charge >= 0.3 is 7.12 Å². The summed E-state index contributed by atoms with van der Waals surface area (Å²) in [5.74, 6) is 0.711. The summed E-state index contributed by atoms with van der Waals surface area (Å²) < 4.78 is 11.8. The van der Waals surface area contributed by atoms with Gasteiger partial charge in [0, 0.05) is 18.0 Å². The maximum Gasteiger partial charge on any atom is 0.492 e. The van der Waals surface area contributed by atoms with Crippen molar-refractivity contribution in [1.29, 1.82) is 0 Å². The van der Waals surface area contributed by atoms with Crippen LogP contribution in [0.4, 0.5) is 0 Å². The van der Waals surface area contributed by atoms with E-state index in [0.29, 0.717) is 11.3 Å². The van der Waals surface area contributed by atoms with Gasteiger partial charge in [-0.15, -0.1) is 0 Å². The Morgan fingerprint density at radius 2 is 1.70 bits per heavy atom. The second kappa shape index (κ2) is 5.28. The number of aliphatic hydroxyl groups is 1. The summed E-state index contributed by atoms with van der Waals surface area (Å²) in [5.41, 5.74) is 0.635. The number of aliphatic hydroxyl groups excluding tert-OH is 1. The maximum atomic E-state index is 9.57. The van der Waals surface area contributed by atoms with Crippen molar-refractivity contribution in [2.24, 2.45) is 0 Å². The second-order valence-electron chi connectivity index (χ2n) is 6.03. The normalized spacial score (nSPS) is 21.3. The highest BCUT2D eigenvalue weighted by atomic mass is 16.7. The molecule has 0 radical (unpaired) electrons. The summed E-state index contributed by atoms with van der Waals surface area (Å²) in [5, 5.41) is 9.57. The van der Waals surface area contributed by atoms with Crippen LogP contribution >= 0.6 is 0 Å². The molecule has 108 valence electrons. The Balaban J connectivity index is 2.24. The minimum absolute atomic E-state index is 0.134. The van der Waals surface area contributed by atoms with Crippen molar-refractivity contribution in [2.45, 2.75) is 45.8 Å². The average Bonchev–Trinajstić information content (AvgIpc) is 2.57. The van der Waals surface area contributed by atoms with E-state index in [4.69, 9.17) is 9.31 Å². The van der Waals surface area contributed by atoms with Crippen LogP contribution in [0.25, 0.3) is 6.08 Å². The second-order valence-corrected chi connectivity index (χ2v) is 6.03. The first kappa shape index (κ1) is 15.2. The Kier molecular flexibility index (Phi) is 4.00. The third-order valence-electron chi connectivity index (χ3n) is 3.89. The molecule has 1 aliphatic rings. The molecule has 1 aliphatic heterocycles. The van der Waals surface area contributed by atoms with Gasteiger partial charge < -0.3 is 14.4 Å². The molecule has 0 amide bonds. The Morgan fingerprint density at radius 1 is 1.20 bits per heavy atom. The van der Waals surface area contributed by atoms with E-state index in [1.165, 1.54) is 0 Å². The fraction of sp³-hybridized carbons (Fsp3) is 0.571. The van der Waals surface area contributed by atoms with Crippen molar-refractivity contribution < 1.29 is 14.4 Å². The summed E-state index contributed by atoms with van der Waals surface area (Å²) in [6.07, 6.45) is 5.23. The molecule has 6 heteroatoms. The van der Waals surface area contributed by atoms with E-state index in [2.05, 4.69) is 9.97 Å². The third-order valence-corrected chi connectivity index (χ3v) is 3.89. The monoisotopic (exact) mass is 276 g/mol. The summed E-state index contributed by atoms with van der Waals surface area (Å²) in [6, 6.07) is 0. The quantitative estimate of drug-likeness (QED) is 0.853. The zero-order valence-electron chi connectivity index (χ0n) is 12.7. The summed E-state index contributed by atoms with van der Waals surface area (Å²) in [6.45, 7) is 9.63. The van der Waals surface area contributed by atoms with Gasteiger partial charge in [-0.05, 0) is 40.1 Å². The molecule has 0 atom stereocenters. The van der Waals surface area contributed by atoms with E-state index >= 15 is 0 Å². The van der Waals surface area contributed by atoms with E-state index < -0.39 is 18.3 Å². The highest BCUT2D eigenvalue weighted by Gasteiger charge is 2.52. The number of rotatable bonds is 3. The molecule has 2 heterocycles. The minimum atomic E-state index is -0.550. The van der Waals surface area contributed by atoms with Gasteiger partial charge in [0.2, 0.25) is 0 Å². The van der Waals surface area contributed by atoms with Gasteiger partial charge in [-0.25, -0.2) is 9.97 Å². The molecule has 1 aromatic heterocycles. The molecular formula is C14H21BN2O3. The highest BCUT2D eigenvalue weighted by Crippen LogP contribution is 2.38. The molecule has 0 unspecified atom stereocenters. The van der Waals surface area contributed by atoms with Gasteiger partial charge in [-0.1, -0.05) is 6.08 Å². The predicted molar refractivity (Wildman–Crippen MR) is 77.9 cm³/mol. The molecule has 0 bridgehead atoms. The maximum absolute atomic E-state index is 9.57. The first-order chi connectivity index (χ1) is 9.25. The Labute approximate surface area is 120 Å². The largest absolute Gasteiger partial charge is 0.492 e. The molecule has 0 aromatic carbocycles. The number of hydrogen-bond acceptors (Lipinski definition) is 5. The van der Waals surface area contributed by atoms with Crippen LogP contribution in [0.1, 0.15) is 39.1 Å². The van der Waals surface area contributed by atoms with E-state index in [1.807, 2.05) is 40.7 Å². The smallest absolute Gasteiger partial charge is 0.400 e. The van der Waals surface area contributed by atoms with Crippen molar-refractivity contribution in [3.8, 4) is 0 Å². The first-order valence-electron chi connectivity index (χ1n) is 6.71. The zero-order valence-corrected chi connectivity index (χ0v) is 12.7. The van der Waals surface area contributed by atoms with Crippen LogP contribution in [0.5, 0.6) is 0 Å². The lowest BCUT2D eigenvalue weighted by atomic mass is 9.78. The lowest BCUT2D eigenvalue weighted by Gasteiger charge is -2.32. The Hall–Kier alpha value is -1.24. The van der Waals surface area contributed by atoms with Crippen LogP contribution in [-0.2, 0) is 9.31 Å². The molecule has 1 N–H and O–H groups in total. The number of hydrogen-bond donors (Lipinski definition) is 1. The van der Waals surface area contributed by atoms with Gasteiger partial charge in [-0.3, -0.25) is 0 Å². The molecule has 5 nitrogen and oxygen atoms in total. The van der Waals surface area contributed by atoms with Gasteiger partial charge in [-0.2, -0.15) is 0 Å². The van der Waals surface area contributed by atoms with E-state index in [0.717, 1.165) is 5.56 Å². The van der Waals surface area contributed by atoms with Crippen LogP contribution in [0.15, 0.2) is 17.9 Å². The van der Waals surface area contributed by atoms with Crippen LogP contribution in [0.3, 0.4) is 0 Å². The van der Waals surface area contributed by atoms with Gasteiger partial charge in [0.1, 0.15) is 5.82 Å². The Morgan fingerprint density at radius 3 is 2.15 bits per heavy atom. The fourth-order valence-corrected chi connectivity index (χ4v) is 1.87. The van der Waals surface area contributed by atoms with E-state index in [9.17, 15) is 5.11 Å². The zero-order chi connectivity index (χ0) is 15.0. The molecule has 2 rings (SSSR count). The summed E-state index contributed by atoms with van der Waals surface area (Å²) >= 11 is 0. The number of aromatic nitrogens is 2. The van der Waals surface area contributed by atoms with Crippen molar-refractivity contribution in [2.75, 3.05) is 6.61 Å². The van der Waals surface area contributed by atoms with E-state index in [-0.39, 0.29) is 6.61 Å². The minimum Gasteiger partial charge on any atom is -0.400 e. The van der Waals surface area contributed by atoms with Gasteiger partial charge in [0.15, 0.2) is 0 Å². The number of aryl methyl sites for hydroxylation is 1. The van der Waals surface area contributed by atoms with Gasteiger partial charge in [0.05, 0.1) is 17.8 Å². The lowest BCUT2D eigenvalue weighted by molar-refractivity contribution is 0.00578. The predicted octanol–water partition coefficient (Wildman–Crippen LogP) is 1.79. The highest BCUT2D eigenvalue weighted by molar-refractivity contribution is 6.55. The molecular weight excluding hydrogens is 255 g/mol. The van der Waals surface area contributed by atoms with Crippen molar-refractivity contribution >= 4 is 13.2 Å². The van der Waals surface area contributed by atoms with Crippen molar-refractivity contribution in [3.05, 3.63) is 29.3 Å². The van der Waals surface area contributed by atoms with Crippen molar-refractivity contribution in [3.63, 3.8) is 0 Å². The topological polar surface area (TPSA) is 64.5 Å². The SMILES string of the molecule is Cc1ncc(C=C(CO)B2OC(C)(C)C(C)(C)O2)cn1. The van der Waals surface area contributed by atoms with Gasteiger partial charge in [0.25, 0.3) is 0 Å². The summed E-state index contributed by atoms with van der Waals surface area (Å²) in [7, 11) is -0.550. The molecule has 1 fully saturated rings. The molecule has 0 saturated carbocycles. The summed E-state index contributed by atoms with van der Waals surface area (Å²) in [4.78, 5) is 8.26. The fourth-order valence-electron chi connectivity index (χ4n) is 1.87. The Bertz CT molecular complexity index is 496. The average molecular weight is 276 g/mol. The molecule has 0 spiro atoms. The van der Waals surface area contributed by atoms with Crippen LogP contribution in [0, 0.1) is 6.92 Å².